The number of hydrogen-bond donors (Lipinski definition) is 2. The lowest BCUT2D eigenvalue weighted by Gasteiger charge is -2.42. The van der Waals surface area contributed by atoms with Crippen molar-refractivity contribution in [2.75, 3.05) is 32.7 Å². The number of likely N-dealkylation sites (N-methyl/N-ethyl adjacent to an activating group) is 1. The van der Waals surface area contributed by atoms with Crippen molar-refractivity contribution in [2.45, 2.75) is 38.3 Å². The Bertz CT molecular complexity index is 744. The zero-order chi connectivity index (χ0) is 16.7. The number of nitrogens with one attached hydrogen (secondary N) is 1. The Labute approximate surface area is 142 Å². The van der Waals surface area contributed by atoms with E-state index < -0.39 is 5.60 Å². The molecule has 0 amide bonds. The van der Waals surface area contributed by atoms with Crippen LogP contribution in [0.1, 0.15) is 31.0 Å². The molecule has 130 valence electrons. The van der Waals surface area contributed by atoms with Gasteiger partial charge in [-0.3, -0.25) is 4.90 Å². The second-order valence-corrected chi connectivity index (χ2v) is 7.43. The minimum Gasteiger partial charge on any atom is -0.387 e. The Morgan fingerprint density at radius 3 is 3.00 bits per heavy atom. The smallest absolute Gasteiger partial charge is 0.123 e. The van der Waals surface area contributed by atoms with Gasteiger partial charge < -0.3 is 15.0 Å². The number of nitrogens with zero attached hydrogens (tertiary/aromatic N) is 2. The maximum absolute atomic E-state index is 13.6. The van der Waals surface area contributed by atoms with Gasteiger partial charge >= 0.3 is 0 Å². The number of H-pyrrole nitrogens is 1. The van der Waals surface area contributed by atoms with E-state index in [1.54, 1.807) is 6.07 Å². The van der Waals surface area contributed by atoms with Crippen LogP contribution in [0.2, 0.25) is 0 Å². The SMILES string of the molecule is CCN1CCC[C@@](O)(CN2CCc3[nH]c4ccc(F)cc4c3C2)C1. The topological polar surface area (TPSA) is 42.5 Å². The first-order valence-corrected chi connectivity index (χ1v) is 9.02. The summed E-state index contributed by atoms with van der Waals surface area (Å²) in [6, 6.07) is 4.95. The van der Waals surface area contributed by atoms with Gasteiger partial charge in [0.2, 0.25) is 0 Å². The fourth-order valence-corrected chi connectivity index (χ4v) is 4.40. The molecule has 24 heavy (non-hydrogen) atoms. The Hall–Kier alpha value is -1.43. The van der Waals surface area contributed by atoms with Gasteiger partial charge in [0.1, 0.15) is 5.82 Å². The molecule has 1 fully saturated rings. The number of rotatable bonds is 3. The van der Waals surface area contributed by atoms with Gasteiger partial charge in [-0.15, -0.1) is 0 Å². The summed E-state index contributed by atoms with van der Waals surface area (Å²) in [7, 11) is 0. The monoisotopic (exact) mass is 331 g/mol. The van der Waals surface area contributed by atoms with Gasteiger partial charge in [0.05, 0.1) is 5.60 Å². The van der Waals surface area contributed by atoms with E-state index in [9.17, 15) is 9.50 Å². The van der Waals surface area contributed by atoms with Gasteiger partial charge in [-0.05, 0) is 49.7 Å². The van der Waals surface area contributed by atoms with Crippen molar-refractivity contribution in [1.29, 1.82) is 0 Å². The van der Waals surface area contributed by atoms with Gasteiger partial charge in [-0.1, -0.05) is 6.92 Å². The highest BCUT2D eigenvalue weighted by Crippen LogP contribution is 2.30. The number of aromatic amines is 1. The average molecular weight is 331 g/mol. The third-order valence-electron chi connectivity index (χ3n) is 5.62. The number of aliphatic hydroxyl groups is 1. The number of likely N-dealkylation sites (tertiary alicyclic amines) is 1. The summed E-state index contributed by atoms with van der Waals surface area (Å²) in [6.07, 6.45) is 2.86. The summed E-state index contributed by atoms with van der Waals surface area (Å²) >= 11 is 0. The molecule has 1 aromatic carbocycles. The summed E-state index contributed by atoms with van der Waals surface area (Å²) in [5.74, 6) is -0.189. The highest BCUT2D eigenvalue weighted by Gasteiger charge is 2.35. The molecule has 2 N–H and O–H groups in total. The number of aromatic nitrogens is 1. The van der Waals surface area contributed by atoms with E-state index in [4.69, 9.17) is 0 Å². The molecule has 0 radical (unpaired) electrons. The summed E-state index contributed by atoms with van der Waals surface area (Å²) in [5.41, 5.74) is 2.81. The minimum atomic E-state index is -0.622. The van der Waals surface area contributed by atoms with Gasteiger partial charge in [-0.2, -0.15) is 0 Å². The predicted octanol–water partition coefficient (Wildman–Crippen LogP) is 2.51. The normalized spacial score (nSPS) is 26.0. The number of piperidine rings is 1. The van der Waals surface area contributed by atoms with Crippen LogP contribution in [0.4, 0.5) is 4.39 Å². The molecule has 0 saturated carbocycles. The Kier molecular flexibility index (Phi) is 4.11. The standard InChI is InChI=1S/C19H26FN3O/c1-2-22-8-3-7-19(24,12-22)13-23-9-6-18-16(11-23)15-10-14(20)4-5-17(15)21-18/h4-5,10,21,24H,2-3,6-9,11-13H2,1H3/t19-/m0/s1. The summed E-state index contributed by atoms with van der Waals surface area (Å²) < 4.78 is 13.6. The van der Waals surface area contributed by atoms with Crippen LogP contribution in [-0.4, -0.2) is 58.2 Å². The molecular formula is C19H26FN3O. The molecule has 0 unspecified atom stereocenters. The zero-order valence-corrected chi connectivity index (χ0v) is 14.3. The number of β-amino-alcohol motifs (C(OH)–C–C–N with tert-alkyl or cyclic N) is 1. The molecule has 1 saturated heterocycles. The molecule has 4 nitrogen and oxygen atoms in total. The van der Waals surface area contributed by atoms with Crippen LogP contribution >= 0.6 is 0 Å². The predicted molar refractivity (Wildman–Crippen MR) is 93.5 cm³/mol. The molecule has 1 atom stereocenters. The third-order valence-corrected chi connectivity index (χ3v) is 5.62. The van der Waals surface area contributed by atoms with Crippen molar-refractivity contribution in [3.8, 4) is 0 Å². The lowest BCUT2D eigenvalue weighted by molar-refractivity contribution is -0.0543. The van der Waals surface area contributed by atoms with Crippen molar-refractivity contribution in [3.63, 3.8) is 0 Å². The molecule has 3 heterocycles. The van der Waals surface area contributed by atoms with Crippen LogP contribution in [0, 0.1) is 5.82 Å². The van der Waals surface area contributed by atoms with E-state index in [2.05, 4.69) is 21.7 Å². The first-order valence-electron chi connectivity index (χ1n) is 9.02. The quantitative estimate of drug-likeness (QED) is 0.908. The lowest BCUT2D eigenvalue weighted by Crippen LogP contribution is -2.54. The van der Waals surface area contributed by atoms with Gasteiger partial charge in [0.25, 0.3) is 0 Å². The molecule has 2 aromatic rings. The fraction of sp³-hybridized carbons (Fsp3) is 0.579. The number of hydrogen-bond acceptors (Lipinski definition) is 3. The molecule has 4 rings (SSSR count). The van der Waals surface area contributed by atoms with E-state index >= 15 is 0 Å². The largest absolute Gasteiger partial charge is 0.387 e. The number of halogens is 1. The van der Waals surface area contributed by atoms with Crippen LogP contribution in [0.15, 0.2) is 18.2 Å². The Morgan fingerprint density at radius 1 is 1.29 bits per heavy atom. The second kappa shape index (κ2) is 6.14. The van der Waals surface area contributed by atoms with Crippen LogP contribution in [0.25, 0.3) is 10.9 Å². The van der Waals surface area contributed by atoms with Crippen molar-refractivity contribution < 1.29 is 9.50 Å². The van der Waals surface area contributed by atoms with Crippen molar-refractivity contribution in [2.24, 2.45) is 0 Å². The lowest BCUT2D eigenvalue weighted by atomic mass is 9.91. The maximum atomic E-state index is 13.6. The van der Waals surface area contributed by atoms with E-state index in [1.165, 1.54) is 17.3 Å². The average Bonchev–Trinajstić information content (AvgIpc) is 2.92. The number of fused-ring (bicyclic) bond motifs is 3. The van der Waals surface area contributed by atoms with E-state index in [0.717, 1.165) is 62.9 Å². The third kappa shape index (κ3) is 2.96. The van der Waals surface area contributed by atoms with Gasteiger partial charge in [-0.25, -0.2) is 4.39 Å². The fourth-order valence-electron chi connectivity index (χ4n) is 4.40. The van der Waals surface area contributed by atoms with Crippen LogP contribution in [0.5, 0.6) is 0 Å². The van der Waals surface area contributed by atoms with Crippen LogP contribution in [-0.2, 0) is 13.0 Å². The molecule has 0 bridgehead atoms. The van der Waals surface area contributed by atoms with Crippen molar-refractivity contribution in [3.05, 3.63) is 35.3 Å². The second-order valence-electron chi connectivity index (χ2n) is 7.43. The van der Waals surface area contributed by atoms with Crippen molar-refractivity contribution in [1.82, 2.24) is 14.8 Å². The first-order chi connectivity index (χ1) is 11.6. The maximum Gasteiger partial charge on any atom is 0.123 e. The van der Waals surface area contributed by atoms with E-state index in [-0.39, 0.29) is 5.82 Å². The molecule has 0 aliphatic carbocycles. The molecule has 2 aliphatic heterocycles. The first kappa shape index (κ1) is 16.1. The van der Waals surface area contributed by atoms with Gasteiger partial charge in [0.15, 0.2) is 0 Å². The highest BCUT2D eigenvalue weighted by atomic mass is 19.1. The van der Waals surface area contributed by atoms with E-state index in [1.807, 2.05) is 6.07 Å². The Morgan fingerprint density at radius 2 is 2.17 bits per heavy atom. The molecule has 1 aromatic heterocycles. The van der Waals surface area contributed by atoms with Crippen LogP contribution < -0.4 is 0 Å². The highest BCUT2D eigenvalue weighted by molar-refractivity contribution is 5.84. The zero-order valence-electron chi connectivity index (χ0n) is 14.3. The molecule has 2 aliphatic rings. The van der Waals surface area contributed by atoms with E-state index in [0.29, 0.717) is 6.54 Å². The molecule has 0 spiro atoms. The minimum absolute atomic E-state index is 0.189. The summed E-state index contributed by atoms with van der Waals surface area (Å²) in [6.45, 7) is 7.42. The number of benzene rings is 1. The molecule has 5 heteroatoms. The Balaban J connectivity index is 1.53. The van der Waals surface area contributed by atoms with Crippen molar-refractivity contribution >= 4 is 10.9 Å². The van der Waals surface area contributed by atoms with Gasteiger partial charge in [0, 0.05) is 49.2 Å². The molecular weight excluding hydrogens is 305 g/mol. The summed E-state index contributed by atoms with van der Waals surface area (Å²) in [4.78, 5) is 8.10. The summed E-state index contributed by atoms with van der Waals surface area (Å²) in [5, 5.41) is 12.0. The van der Waals surface area contributed by atoms with Crippen LogP contribution in [0.3, 0.4) is 0 Å².